The summed E-state index contributed by atoms with van der Waals surface area (Å²) in [7, 11) is 0. The summed E-state index contributed by atoms with van der Waals surface area (Å²) in [5.41, 5.74) is 0. The molecule has 1 aromatic rings. The van der Waals surface area contributed by atoms with Gasteiger partial charge in [0.2, 0.25) is 5.16 Å². The van der Waals surface area contributed by atoms with Crippen LogP contribution >= 0.6 is 11.8 Å². The van der Waals surface area contributed by atoms with Gasteiger partial charge in [-0.25, -0.2) is 9.48 Å². The number of aromatic nitrogens is 4. The quantitative estimate of drug-likeness (QED) is 0.634. The van der Waals surface area contributed by atoms with Crippen LogP contribution in [0.5, 0.6) is 0 Å². The monoisotopic (exact) mass is 254 g/mol. The number of tetrazole rings is 1. The molecule has 1 saturated carbocycles. The van der Waals surface area contributed by atoms with E-state index >= 15 is 0 Å². The first kappa shape index (κ1) is 12.1. The summed E-state index contributed by atoms with van der Waals surface area (Å²) in [4.78, 5) is 10.3. The summed E-state index contributed by atoms with van der Waals surface area (Å²) in [6.07, 6.45) is 7.45. The van der Waals surface area contributed by atoms with Crippen molar-refractivity contribution in [3.8, 4) is 0 Å². The molecule has 1 N–H and O–H groups in total. The SMILES string of the molecule is O=C(O)/C=C/CSc1nnnn1C1CCCC1. The van der Waals surface area contributed by atoms with Crippen LogP contribution in [0.3, 0.4) is 0 Å². The summed E-state index contributed by atoms with van der Waals surface area (Å²) in [5.74, 6) is -0.361. The molecule has 92 valence electrons. The molecule has 0 aromatic carbocycles. The fourth-order valence-corrected chi connectivity index (χ4v) is 2.68. The molecule has 1 aliphatic carbocycles. The number of carbonyl (C=O) groups is 1. The van der Waals surface area contributed by atoms with Crippen molar-refractivity contribution in [2.24, 2.45) is 0 Å². The molecule has 0 unspecified atom stereocenters. The van der Waals surface area contributed by atoms with Gasteiger partial charge < -0.3 is 5.11 Å². The Morgan fingerprint density at radius 1 is 1.53 bits per heavy atom. The van der Waals surface area contributed by atoms with E-state index in [9.17, 15) is 4.79 Å². The molecule has 1 aromatic heterocycles. The average Bonchev–Trinajstić information content (AvgIpc) is 2.94. The van der Waals surface area contributed by atoms with Crippen molar-refractivity contribution in [2.75, 3.05) is 5.75 Å². The van der Waals surface area contributed by atoms with Crippen LogP contribution in [-0.2, 0) is 4.79 Å². The molecule has 0 amide bonds. The van der Waals surface area contributed by atoms with E-state index in [-0.39, 0.29) is 0 Å². The van der Waals surface area contributed by atoms with E-state index in [0.29, 0.717) is 11.8 Å². The fraction of sp³-hybridized carbons (Fsp3) is 0.600. The Kier molecular flexibility index (Phi) is 4.13. The van der Waals surface area contributed by atoms with Gasteiger partial charge >= 0.3 is 5.97 Å². The minimum absolute atomic E-state index is 0.413. The maximum absolute atomic E-state index is 10.3. The molecule has 17 heavy (non-hydrogen) atoms. The first-order valence-corrected chi connectivity index (χ1v) is 6.56. The van der Waals surface area contributed by atoms with Crippen molar-refractivity contribution in [2.45, 2.75) is 36.9 Å². The Balaban J connectivity index is 1.92. The number of rotatable bonds is 5. The van der Waals surface area contributed by atoms with Crippen molar-refractivity contribution in [3.05, 3.63) is 12.2 Å². The summed E-state index contributed by atoms with van der Waals surface area (Å²) in [6, 6.07) is 0.413. The van der Waals surface area contributed by atoms with Crippen LogP contribution in [0, 0.1) is 0 Å². The van der Waals surface area contributed by atoms with Gasteiger partial charge in [0.05, 0.1) is 6.04 Å². The summed E-state index contributed by atoms with van der Waals surface area (Å²) in [5, 5.41) is 20.9. The number of thioether (sulfide) groups is 1. The molecule has 0 saturated heterocycles. The molecule has 0 bridgehead atoms. The second kappa shape index (κ2) is 5.81. The highest BCUT2D eigenvalue weighted by atomic mass is 32.2. The van der Waals surface area contributed by atoms with E-state index in [4.69, 9.17) is 5.11 Å². The molecular formula is C10H14N4O2S. The Labute approximate surface area is 103 Å². The van der Waals surface area contributed by atoms with Crippen LogP contribution in [0.25, 0.3) is 0 Å². The van der Waals surface area contributed by atoms with Gasteiger partial charge in [-0.1, -0.05) is 30.7 Å². The first-order chi connectivity index (χ1) is 8.27. The van der Waals surface area contributed by atoms with Crippen molar-refractivity contribution < 1.29 is 9.90 Å². The molecule has 1 fully saturated rings. The maximum atomic E-state index is 10.3. The molecule has 0 spiro atoms. The maximum Gasteiger partial charge on any atom is 0.328 e. The van der Waals surface area contributed by atoms with Crippen molar-refractivity contribution >= 4 is 17.7 Å². The zero-order valence-corrected chi connectivity index (χ0v) is 10.1. The van der Waals surface area contributed by atoms with E-state index in [1.807, 2.05) is 4.68 Å². The number of carboxylic acid groups (broad SMARTS) is 1. The topological polar surface area (TPSA) is 80.9 Å². The van der Waals surface area contributed by atoms with Gasteiger partial charge in [-0.2, -0.15) is 0 Å². The zero-order chi connectivity index (χ0) is 12.1. The Morgan fingerprint density at radius 3 is 3.00 bits per heavy atom. The Morgan fingerprint density at radius 2 is 2.29 bits per heavy atom. The molecule has 2 rings (SSSR count). The zero-order valence-electron chi connectivity index (χ0n) is 9.32. The third-order valence-electron chi connectivity index (χ3n) is 2.70. The molecule has 0 radical (unpaired) electrons. The lowest BCUT2D eigenvalue weighted by Gasteiger charge is -2.09. The molecular weight excluding hydrogens is 240 g/mol. The van der Waals surface area contributed by atoms with E-state index in [1.54, 1.807) is 6.08 Å². The number of hydrogen-bond acceptors (Lipinski definition) is 5. The molecule has 6 nitrogen and oxygen atoms in total. The van der Waals surface area contributed by atoms with Crippen LogP contribution in [0.15, 0.2) is 17.3 Å². The highest BCUT2D eigenvalue weighted by Crippen LogP contribution is 2.31. The second-order valence-corrected chi connectivity index (χ2v) is 4.88. The normalized spacial score (nSPS) is 16.9. The second-order valence-electron chi connectivity index (χ2n) is 3.90. The Hall–Kier alpha value is -1.37. The van der Waals surface area contributed by atoms with Crippen LogP contribution in [0.2, 0.25) is 0 Å². The van der Waals surface area contributed by atoms with Crippen LogP contribution < -0.4 is 0 Å². The smallest absolute Gasteiger partial charge is 0.328 e. The lowest BCUT2D eigenvalue weighted by Crippen LogP contribution is -2.08. The van der Waals surface area contributed by atoms with Gasteiger partial charge in [0.1, 0.15) is 0 Å². The third kappa shape index (κ3) is 3.29. The minimum Gasteiger partial charge on any atom is -0.478 e. The van der Waals surface area contributed by atoms with Gasteiger partial charge in [-0.05, 0) is 23.3 Å². The number of hydrogen-bond donors (Lipinski definition) is 1. The van der Waals surface area contributed by atoms with Gasteiger partial charge in [0.15, 0.2) is 0 Å². The predicted molar refractivity (Wildman–Crippen MR) is 62.8 cm³/mol. The molecule has 7 heteroatoms. The van der Waals surface area contributed by atoms with E-state index < -0.39 is 5.97 Å². The lowest BCUT2D eigenvalue weighted by molar-refractivity contribution is -0.131. The number of aliphatic carboxylic acids is 1. The van der Waals surface area contributed by atoms with Gasteiger partial charge in [-0.3, -0.25) is 0 Å². The van der Waals surface area contributed by atoms with E-state index in [0.717, 1.165) is 24.1 Å². The lowest BCUT2D eigenvalue weighted by atomic mass is 10.3. The Bertz CT molecular complexity index is 412. The standard InChI is InChI=1S/C10H14N4O2S/c15-9(16)6-3-7-17-10-11-12-13-14(10)8-4-1-2-5-8/h3,6,8H,1-2,4-5,7H2,(H,15,16)/b6-3+. The average molecular weight is 254 g/mol. The largest absolute Gasteiger partial charge is 0.478 e. The van der Waals surface area contributed by atoms with Crippen molar-refractivity contribution in [1.29, 1.82) is 0 Å². The van der Waals surface area contributed by atoms with Crippen molar-refractivity contribution in [3.63, 3.8) is 0 Å². The summed E-state index contributed by atoms with van der Waals surface area (Å²) in [6.45, 7) is 0. The first-order valence-electron chi connectivity index (χ1n) is 5.57. The minimum atomic E-state index is -0.930. The molecule has 0 aliphatic heterocycles. The van der Waals surface area contributed by atoms with Gasteiger partial charge in [0, 0.05) is 11.8 Å². The van der Waals surface area contributed by atoms with Gasteiger partial charge in [-0.15, -0.1) is 5.10 Å². The molecule has 1 aliphatic rings. The number of nitrogens with zero attached hydrogens (tertiary/aromatic N) is 4. The predicted octanol–water partition coefficient (Wildman–Crippen LogP) is 1.52. The van der Waals surface area contributed by atoms with Crippen molar-refractivity contribution in [1.82, 2.24) is 20.2 Å². The summed E-state index contributed by atoms with van der Waals surface area (Å²) >= 11 is 1.46. The number of carboxylic acids is 1. The third-order valence-corrected chi connectivity index (χ3v) is 3.59. The highest BCUT2D eigenvalue weighted by molar-refractivity contribution is 7.99. The van der Waals surface area contributed by atoms with Crippen LogP contribution in [-0.4, -0.2) is 37.0 Å². The van der Waals surface area contributed by atoms with Crippen LogP contribution in [0.1, 0.15) is 31.7 Å². The van der Waals surface area contributed by atoms with E-state index in [1.165, 1.54) is 24.6 Å². The molecule has 0 atom stereocenters. The van der Waals surface area contributed by atoms with Gasteiger partial charge in [0.25, 0.3) is 0 Å². The fourth-order valence-electron chi connectivity index (χ4n) is 1.93. The van der Waals surface area contributed by atoms with E-state index in [2.05, 4.69) is 15.5 Å². The summed E-state index contributed by atoms with van der Waals surface area (Å²) < 4.78 is 1.87. The molecule has 1 heterocycles. The highest BCUT2D eigenvalue weighted by Gasteiger charge is 2.21. The van der Waals surface area contributed by atoms with Crippen LogP contribution in [0.4, 0.5) is 0 Å².